The molecule has 0 saturated heterocycles. The smallest absolute Gasteiger partial charge is 0.255 e. The fraction of sp³-hybridized carbons (Fsp3) is 0.0625. The average molecular weight is 252 g/mol. The first kappa shape index (κ1) is 10.4. The predicted molar refractivity (Wildman–Crippen MR) is 75.5 cm³/mol. The quantitative estimate of drug-likeness (QED) is 0.737. The molecule has 19 heavy (non-hydrogen) atoms. The molecule has 0 aliphatic rings. The highest BCUT2D eigenvalue weighted by atomic mass is 16.3. The van der Waals surface area contributed by atoms with Crippen LogP contribution >= 0.6 is 0 Å². The molecule has 2 N–H and O–H groups in total. The highest BCUT2D eigenvalue weighted by Gasteiger charge is 2.11. The number of H-pyrrole nitrogens is 1. The van der Waals surface area contributed by atoms with Crippen molar-refractivity contribution in [2.45, 2.75) is 6.40 Å². The second-order valence-electron chi connectivity index (χ2n) is 4.32. The maximum atomic E-state index is 12.1. The van der Waals surface area contributed by atoms with Crippen molar-refractivity contribution in [3.05, 3.63) is 76.1 Å². The van der Waals surface area contributed by atoms with Gasteiger partial charge in [0.1, 0.15) is 5.75 Å². The molecule has 3 nitrogen and oxygen atoms in total. The third-order valence-corrected chi connectivity index (χ3v) is 3.04. The predicted octanol–water partition coefficient (Wildman–Crippen LogP) is 2.82. The number of nitrogens with one attached hydrogen (secondary N) is 1. The van der Waals surface area contributed by atoms with Crippen LogP contribution < -0.4 is 5.56 Å². The molecule has 0 bridgehead atoms. The molecule has 1 atom stereocenters. The maximum absolute atomic E-state index is 12.1. The van der Waals surface area contributed by atoms with Crippen LogP contribution in [-0.2, 0) is 6.40 Å². The summed E-state index contributed by atoms with van der Waals surface area (Å²) in [7, 11) is 0. The summed E-state index contributed by atoms with van der Waals surface area (Å²) in [6.45, 7) is 0. The zero-order chi connectivity index (χ0) is 14.1. The lowest BCUT2D eigenvalue weighted by molar-refractivity contribution is 0.474. The van der Waals surface area contributed by atoms with Gasteiger partial charge in [-0.25, -0.2) is 0 Å². The van der Waals surface area contributed by atoms with E-state index in [-0.39, 0.29) is 11.3 Å². The van der Waals surface area contributed by atoms with E-state index in [1.54, 1.807) is 36.4 Å². The summed E-state index contributed by atoms with van der Waals surface area (Å²) in [6, 6.07) is 16.0. The first-order chi connectivity index (χ1) is 9.68. The van der Waals surface area contributed by atoms with Crippen molar-refractivity contribution in [3.8, 4) is 5.75 Å². The van der Waals surface area contributed by atoms with Crippen molar-refractivity contribution in [2.75, 3.05) is 0 Å². The summed E-state index contributed by atoms with van der Waals surface area (Å²) in [4.78, 5) is 14.8. The molecule has 3 aromatic rings. The highest BCUT2D eigenvalue weighted by Crippen LogP contribution is 2.25. The number of pyridine rings is 1. The normalized spacial score (nSPS) is 13.2. The lowest BCUT2D eigenvalue weighted by Gasteiger charge is -2.07. The topological polar surface area (TPSA) is 53.1 Å². The Kier molecular flexibility index (Phi) is 2.52. The van der Waals surface area contributed by atoms with Crippen molar-refractivity contribution in [3.63, 3.8) is 0 Å². The van der Waals surface area contributed by atoms with E-state index in [1.165, 1.54) is 0 Å². The summed E-state index contributed by atoms with van der Waals surface area (Å²) in [5, 5.41) is 10.9. The van der Waals surface area contributed by atoms with E-state index in [2.05, 4.69) is 4.98 Å². The Hall–Kier alpha value is -2.55. The van der Waals surface area contributed by atoms with Crippen molar-refractivity contribution in [1.29, 1.82) is 0 Å². The minimum absolute atomic E-state index is 0.0786. The molecule has 1 unspecified atom stereocenters. The van der Waals surface area contributed by atoms with Crippen LogP contribution in [0.3, 0.4) is 0 Å². The summed E-state index contributed by atoms with van der Waals surface area (Å²) >= 11 is 0. The molecule has 3 heteroatoms. The average Bonchev–Trinajstić information content (AvgIpc) is 2.48. The van der Waals surface area contributed by atoms with Gasteiger partial charge in [-0.15, -0.1) is 0 Å². The Morgan fingerprint density at radius 1 is 1.05 bits per heavy atom. The van der Waals surface area contributed by atoms with E-state index in [0.717, 1.165) is 0 Å². The molecule has 3 rings (SSSR count). The number of rotatable bonds is 2. The molecule has 0 saturated carbocycles. The Morgan fingerprint density at radius 3 is 2.53 bits per heavy atom. The first-order valence-electron chi connectivity index (χ1n) is 6.57. The van der Waals surface area contributed by atoms with Crippen LogP contribution in [0.1, 0.15) is 12.5 Å². The van der Waals surface area contributed by atoms with Gasteiger partial charge in [0.05, 0.1) is 11.1 Å². The number of para-hydroxylation sites is 1. The fourth-order valence-corrected chi connectivity index (χ4v) is 2.09. The van der Waals surface area contributed by atoms with E-state index in [9.17, 15) is 9.90 Å². The zero-order valence-corrected chi connectivity index (χ0v) is 10.1. The second kappa shape index (κ2) is 4.61. The van der Waals surface area contributed by atoms with Gasteiger partial charge in [0.25, 0.3) is 5.56 Å². The molecule has 1 heterocycles. The molecule has 0 aliphatic carbocycles. The molecule has 94 valence electrons. The van der Waals surface area contributed by atoms with Crippen LogP contribution in [0.25, 0.3) is 10.9 Å². The number of benzene rings is 2. The highest BCUT2D eigenvalue weighted by molar-refractivity contribution is 5.85. The van der Waals surface area contributed by atoms with E-state index in [4.69, 9.17) is 1.37 Å². The Balaban J connectivity index is 2.24. The van der Waals surface area contributed by atoms with Crippen LogP contribution in [0, 0.1) is 0 Å². The largest absolute Gasteiger partial charge is 0.507 e. The maximum Gasteiger partial charge on any atom is 0.255 e. The molecule has 0 fully saturated rings. The standard InChI is InChI=1S/C16H13NO2/c18-15-12-8-4-5-9-14(12)17-16(19)13(15)10-11-6-2-1-3-7-11/h1-9H,10H2,(H2,17,18,19)/i10D. The number of hydrogen-bond acceptors (Lipinski definition) is 2. The van der Waals surface area contributed by atoms with Crippen molar-refractivity contribution in [1.82, 2.24) is 4.98 Å². The summed E-state index contributed by atoms with van der Waals surface area (Å²) < 4.78 is 8.23. The fourth-order valence-electron chi connectivity index (χ4n) is 2.09. The monoisotopic (exact) mass is 252 g/mol. The van der Waals surface area contributed by atoms with Crippen LogP contribution in [0.4, 0.5) is 0 Å². The molecule has 1 aromatic heterocycles. The van der Waals surface area contributed by atoms with E-state index in [1.807, 2.05) is 18.2 Å². The number of fused-ring (bicyclic) bond motifs is 1. The van der Waals surface area contributed by atoms with Gasteiger partial charge in [0.15, 0.2) is 0 Å². The van der Waals surface area contributed by atoms with Crippen molar-refractivity contribution < 1.29 is 6.48 Å². The summed E-state index contributed by atoms with van der Waals surface area (Å²) in [5.74, 6) is -0.117. The molecular weight excluding hydrogens is 238 g/mol. The van der Waals surface area contributed by atoms with E-state index >= 15 is 0 Å². The Morgan fingerprint density at radius 2 is 1.74 bits per heavy atom. The van der Waals surface area contributed by atoms with E-state index < -0.39 is 12.0 Å². The van der Waals surface area contributed by atoms with Crippen LogP contribution in [-0.4, -0.2) is 10.1 Å². The minimum Gasteiger partial charge on any atom is -0.507 e. The van der Waals surface area contributed by atoms with Gasteiger partial charge in [-0.3, -0.25) is 4.79 Å². The van der Waals surface area contributed by atoms with Crippen molar-refractivity contribution >= 4 is 10.9 Å². The van der Waals surface area contributed by atoms with Crippen molar-refractivity contribution in [2.24, 2.45) is 0 Å². The van der Waals surface area contributed by atoms with Crippen LogP contribution in [0.5, 0.6) is 5.75 Å². The number of aromatic amines is 1. The molecular formula is C16H13NO2. The lowest BCUT2D eigenvalue weighted by atomic mass is 10.0. The SMILES string of the molecule is [2H]C(c1ccccc1)c1c(O)c2ccccc2[nH]c1=O. The number of aromatic nitrogens is 1. The van der Waals surface area contributed by atoms with Gasteiger partial charge < -0.3 is 10.1 Å². The van der Waals surface area contributed by atoms with E-state index in [0.29, 0.717) is 16.5 Å². The summed E-state index contributed by atoms with van der Waals surface area (Å²) in [5.41, 5.74) is 0.891. The van der Waals surface area contributed by atoms with Gasteiger partial charge in [-0.1, -0.05) is 42.5 Å². The van der Waals surface area contributed by atoms with Gasteiger partial charge in [-0.05, 0) is 17.7 Å². The minimum atomic E-state index is -0.912. The van der Waals surface area contributed by atoms with Gasteiger partial charge in [-0.2, -0.15) is 0 Å². The number of aromatic hydroxyl groups is 1. The number of hydrogen-bond donors (Lipinski definition) is 2. The third-order valence-electron chi connectivity index (χ3n) is 3.04. The van der Waals surface area contributed by atoms with Crippen LogP contribution in [0.2, 0.25) is 0 Å². The molecule has 0 amide bonds. The first-order valence-corrected chi connectivity index (χ1v) is 5.99. The van der Waals surface area contributed by atoms with Gasteiger partial charge in [0, 0.05) is 13.2 Å². The molecule has 0 aliphatic heterocycles. The Labute approximate surface area is 111 Å². The lowest BCUT2D eigenvalue weighted by Crippen LogP contribution is -2.13. The van der Waals surface area contributed by atoms with Crippen LogP contribution in [0.15, 0.2) is 59.4 Å². The molecule has 0 spiro atoms. The third kappa shape index (κ3) is 2.10. The molecule has 2 aromatic carbocycles. The van der Waals surface area contributed by atoms with Gasteiger partial charge >= 0.3 is 0 Å². The zero-order valence-electron chi connectivity index (χ0n) is 11.1. The molecule has 0 radical (unpaired) electrons. The Bertz CT molecular complexity index is 812. The second-order valence-corrected chi connectivity index (χ2v) is 4.32. The summed E-state index contributed by atoms with van der Waals surface area (Å²) in [6.07, 6.45) is -0.912. The van der Waals surface area contributed by atoms with Gasteiger partial charge in [0.2, 0.25) is 0 Å².